The van der Waals surface area contributed by atoms with Gasteiger partial charge in [0.05, 0.1) is 20.3 Å². The molecule has 0 spiro atoms. The molecule has 1 atom stereocenters. The molecule has 6 heteroatoms. The summed E-state index contributed by atoms with van der Waals surface area (Å²) in [6.45, 7) is 2.09. The van der Waals surface area contributed by atoms with Crippen molar-refractivity contribution < 1.29 is 19.4 Å². The predicted octanol–water partition coefficient (Wildman–Crippen LogP) is 2.87. The Bertz CT molecular complexity index is 686. The van der Waals surface area contributed by atoms with Crippen molar-refractivity contribution in [2.45, 2.75) is 13.0 Å². The van der Waals surface area contributed by atoms with Crippen LogP contribution >= 0.6 is 0 Å². The van der Waals surface area contributed by atoms with E-state index in [0.717, 1.165) is 11.1 Å². The Morgan fingerprint density at radius 1 is 1.08 bits per heavy atom. The van der Waals surface area contributed by atoms with Gasteiger partial charge in [0.25, 0.3) is 0 Å². The lowest BCUT2D eigenvalue weighted by Crippen LogP contribution is -2.32. The monoisotopic (exact) mass is 330 g/mol. The molecule has 0 saturated carbocycles. The van der Waals surface area contributed by atoms with Gasteiger partial charge in [0.2, 0.25) is 0 Å². The third kappa shape index (κ3) is 4.63. The van der Waals surface area contributed by atoms with Crippen LogP contribution < -0.4 is 20.1 Å². The van der Waals surface area contributed by atoms with E-state index in [2.05, 4.69) is 10.6 Å². The molecule has 0 aromatic heterocycles. The summed E-state index contributed by atoms with van der Waals surface area (Å²) in [5, 5.41) is 15.4. The molecular formula is C18H22N2O4. The van der Waals surface area contributed by atoms with Gasteiger partial charge in [0, 0.05) is 18.3 Å². The number of aliphatic hydroxyl groups is 1. The molecule has 0 aliphatic carbocycles. The van der Waals surface area contributed by atoms with E-state index < -0.39 is 12.1 Å². The minimum absolute atomic E-state index is 0.113. The van der Waals surface area contributed by atoms with E-state index in [4.69, 9.17) is 9.47 Å². The molecule has 0 fully saturated rings. The third-order valence-corrected chi connectivity index (χ3v) is 3.56. The number of anilines is 1. The molecule has 3 N–H and O–H groups in total. The lowest BCUT2D eigenvalue weighted by molar-refractivity contribution is 0.175. The van der Waals surface area contributed by atoms with Crippen LogP contribution in [0, 0.1) is 6.92 Å². The highest BCUT2D eigenvalue weighted by Gasteiger charge is 2.10. The number of carbonyl (C=O) groups is 1. The highest BCUT2D eigenvalue weighted by atomic mass is 16.5. The number of nitrogens with one attached hydrogen (secondary N) is 2. The maximum absolute atomic E-state index is 12.0. The molecule has 0 radical (unpaired) electrons. The SMILES string of the molecule is COc1ccc(NC(=O)NC[C@H](O)c2ccc(C)cc2)cc1OC. The summed E-state index contributed by atoms with van der Waals surface area (Å²) in [6.07, 6.45) is -0.762. The van der Waals surface area contributed by atoms with Gasteiger partial charge in [-0.25, -0.2) is 4.79 Å². The molecule has 0 heterocycles. The Kier molecular flexibility index (Phi) is 6.03. The van der Waals surface area contributed by atoms with Crippen LogP contribution in [0.25, 0.3) is 0 Å². The van der Waals surface area contributed by atoms with E-state index >= 15 is 0 Å². The molecule has 2 rings (SSSR count). The molecule has 0 aliphatic heterocycles. The lowest BCUT2D eigenvalue weighted by Gasteiger charge is -2.14. The smallest absolute Gasteiger partial charge is 0.319 e. The van der Waals surface area contributed by atoms with Crippen molar-refractivity contribution in [2.75, 3.05) is 26.1 Å². The van der Waals surface area contributed by atoms with E-state index in [0.29, 0.717) is 17.2 Å². The molecule has 128 valence electrons. The summed E-state index contributed by atoms with van der Waals surface area (Å²) < 4.78 is 10.3. The third-order valence-electron chi connectivity index (χ3n) is 3.56. The summed E-state index contributed by atoms with van der Waals surface area (Å²) in [7, 11) is 3.07. The quantitative estimate of drug-likeness (QED) is 0.761. The second-order valence-electron chi connectivity index (χ2n) is 5.33. The van der Waals surface area contributed by atoms with Crippen LogP contribution in [0.5, 0.6) is 11.5 Å². The van der Waals surface area contributed by atoms with Crippen LogP contribution in [0.4, 0.5) is 10.5 Å². The number of benzene rings is 2. The molecule has 2 aromatic carbocycles. The van der Waals surface area contributed by atoms with Gasteiger partial charge in [0.15, 0.2) is 11.5 Å². The number of amides is 2. The zero-order valence-electron chi connectivity index (χ0n) is 14.0. The summed E-state index contributed by atoms with van der Waals surface area (Å²) in [5.74, 6) is 1.10. The normalized spacial score (nSPS) is 11.5. The van der Waals surface area contributed by atoms with Crippen molar-refractivity contribution in [1.82, 2.24) is 5.32 Å². The Balaban J connectivity index is 1.90. The van der Waals surface area contributed by atoms with Crippen molar-refractivity contribution in [3.05, 3.63) is 53.6 Å². The second kappa shape index (κ2) is 8.21. The number of rotatable bonds is 6. The minimum Gasteiger partial charge on any atom is -0.493 e. The average Bonchev–Trinajstić information content (AvgIpc) is 2.60. The summed E-state index contributed by atoms with van der Waals surface area (Å²) in [6, 6.07) is 12.2. The van der Waals surface area contributed by atoms with Gasteiger partial charge in [-0.1, -0.05) is 29.8 Å². The van der Waals surface area contributed by atoms with Crippen molar-refractivity contribution in [3.8, 4) is 11.5 Å². The molecular weight excluding hydrogens is 308 g/mol. The van der Waals surface area contributed by atoms with E-state index in [1.165, 1.54) is 7.11 Å². The zero-order chi connectivity index (χ0) is 17.5. The van der Waals surface area contributed by atoms with Crippen LogP contribution in [0.1, 0.15) is 17.2 Å². The molecule has 2 amide bonds. The second-order valence-corrected chi connectivity index (χ2v) is 5.33. The van der Waals surface area contributed by atoms with Crippen molar-refractivity contribution in [1.29, 1.82) is 0 Å². The fourth-order valence-electron chi connectivity index (χ4n) is 2.19. The van der Waals surface area contributed by atoms with Gasteiger partial charge in [-0.3, -0.25) is 0 Å². The highest BCUT2D eigenvalue weighted by molar-refractivity contribution is 5.89. The number of urea groups is 1. The number of ether oxygens (including phenoxy) is 2. The fourth-order valence-corrected chi connectivity index (χ4v) is 2.19. The fraction of sp³-hybridized carbons (Fsp3) is 0.278. The molecule has 2 aromatic rings. The van der Waals surface area contributed by atoms with E-state index in [1.807, 2.05) is 31.2 Å². The van der Waals surface area contributed by atoms with E-state index in [9.17, 15) is 9.90 Å². The number of aliphatic hydroxyl groups excluding tert-OH is 1. The largest absolute Gasteiger partial charge is 0.493 e. The maximum atomic E-state index is 12.0. The van der Waals surface area contributed by atoms with Crippen molar-refractivity contribution in [2.24, 2.45) is 0 Å². The molecule has 0 bridgehead atoms. The first-order valence-electron chi connectivity index (χ1n) is 7.55. The lowest BCUT2D eigenvalue weighted by atomic mass is 10.1. The Hall–Kier alpha value is -2.73. The summed E-state index contributed by atoms with van der Waals surface area (Å²) >= 11 is 0. The highest BCUT2D eigenvalue weighted by Crippen LogP contribution is 2.29. The van der Waals surface area contributed by atoms with Crippen LogP contribution in [0.15, 0.2) is 42.5 Å². The Labute approximate surface area is 141 Å². The van der Waals surface area contributed by atoms with Gasteiger partial charge < -0.3 is 25.2 Å². The van der Waals surface area contributed by atoms with Gasteiger partial charge >= 0.3 is 6.03 Å². The van der Waals surface area contributed by atoms with Gasteiger partial charge in [-0.15, -0.1) is 0 Å². The first-order valence-corrected chi connectivity index (χ1v) is 7.55. The van der Waals surface area contributed by atoms with Gasteiger partial charge in [0.1, 0.15) is 0 Å². The average molecular weight is 330 g/mol. The first kappa shape index (κ1) is 17.6. The molecule has 6 nitrogen and oxygen atoms in total. The summed E-state index contributed by atoms with van der Waals surface area (Å²) in [4.78, 5) is 12.0. The standard InChI is InChI=1S/C18H22N2O4/c1-12-4-6-13(7-5-12)15(21)11-19-18(22)20-14-8-9-16(23-2)17(10-14)24-3/h4-10,15,21H,11H2,1-3H3,(H2,19,20,22)/t15-/m0/s1. The Morgan fingerprint density at radius 3 is 2.38 bits per heavy atom. The summed E-state index contributed by atoms with van der Waals surface area (Å²) in [5.41, 5.74) is 2.44. The van der Waals surface area contributed by atoms with Gasteiger partial charge in [-0.2, -0.15) is 0 Å². The van der Waals surface area contributed by atoms with Gasteiger partial charge in [-0.05, 0) is 24.6 Å². The molecule has 0 aliphatic rings. The van der Waals surface area contributed by atoms with Crippen LogP contribution in [-0.4, -0.2) is 31.9 Å². The first-order chi connectivity index (χ1) is 11.5. The number of aryl methyl sites for hydroxylation is 1. The maximum Gasteiger partial charge on any atom is 0.319 e. The molecule has 0 saturated heterocycles. The topological polar surface area (TPSA) is 79.8 Å². The number of hydrogen-bond donors (Lipinski definition) is 3. The van der Waals surface area contributed by atoms with Crippen molar-refractivity contribution in [3.63, 3.8) is 0 Å². The van der Waals surface area contributed by atoms with Crippen LogP contribution in [-0.2, 0) is 0 Å². The van der Waals surface area contributed by atoms with Crippen molar-refractivity contribution >= 4 is 11.7 Å². The van der Waals surface area contributed by atoms with E-state index in [-0.39, 0.29) is 6.54 Å². The van der Waals surface area contributed by atoms with Crippen LogP contribution in [0.3, 0.4) is 0 Å². The molecule has 24 heavy (non-hydrogen) atoms. The zero-order valence-corrected chi connectivity index (χ0v) is 14.0. The van der Waals surface area contributed by atoms with E-state index in [1.54, 1.807) is 25.3 Å². The Morgan fingerprint density at radius 2 is 1.75 bits per heavy atom. The number of hydrogen-bond acceptors (Lipinski definition) is 4. The molecule has 0 unspecified atom stereocenters. The van der Waals surface area contributed by atoms with Crippen LogP contribution in [0.2, 0.25) is 0 Å². The predicted molar refractivity (Wildman–Crippen MR) is 92.7 cm³/mol. The number of carbonyl (C=O) groups excluding carboxylic acids is 1. The number of methoxy groups -OCH3 is 2. The minimum atomic E-state index is -0.762.